The number of sulfonamides is 1. The van der Waals surface area contributed by atoms with Crippen LogP contribution in [0.1, 0.15) is 5.82 Å². The van der Waals surface area contributed by atoms with E-state index in [1.54, 1.807) is 24.3 Å². The van der Waals surface area contributed by atoms with E-state index in [1.165, 1.54) is 12.1 Å². The van der Waals surface area contributed by atoms with Gasteiger partial charge in [-0.05, 0) is 24.3 Å². The zero-order chi connectivity index (χ0) is 18.1. The molecule has 3 rings (SSSR count). The fourth-order valence-corrected chi connectivity index (χ4v) is 3.33. The average Bonchev–Trinajstić information content (AvgIpc) is 2.95. The molecule has 25 heavy (non-hydrogen) atoms. The number of hydrogen-bond donors (Lipinski definition) is 2. The number of H-pyrrole nitrogens is 1. The van der Waals surface area contributed by atoms with Gasteiger partial charge < -0.3 is 9.72 Å². The SMILES string of the molecule is O=S(=O)(NCc1nc2ccccc2[nH]1)c1ccccc1OC(F)(F)F. The molecule has 0 saturated heterocycles. The summed E-state index contributed by atoms with van der Waals surface area (Å²) < 4.78 is 67.9. The number of ether oxygens (including phenoxy) is 1. The molecule has 1 heterocycles. The predicted molar refractivity (Wildman–Crippen MR) is 83.2 cm³/mol. The van der Waals surface area contributed by atoms with Crippen LogP contribution < -0.4 is 9.46 Å². The lowest BCUT2D eigenvalue weighted by Crippen LogP contribution is -2.26. The van der Waals surface area contributed by atoms with Crippen molar-refractivity contribution in [1.29, 1.82) is 0 Å². The third-order valence-corrected chi connectivity index (χ3v) is 4.67. The predicted octanol–water partition coefficient (Wildman–Crippen LogP) is 2.94. The molecule has 0 bridgehead atoms. The van der Waals surface area contributed by atoms with E-state index in [4.69, 9.17) is 0 Å². The number of imidazole rings is 1. The molecule has 3 aromatic rings. The van der Waals surface area contributed by atoms with Crippen molar-refractivity contribution in [1.82, 2.24) is 14.7 Å². The van der Waals surface area contributed by atoms with Gasteiger partial charge in [0.05, 0.1) is 17.6 Å². The Morgan fingerprint density at radius 3 is 2.48 bits per heavy atom. The summed E-state index contributed by atoms with van der Waals surface area (Å²) in [6, 6.07) is 11.6. The molecule has 0 amide bonds. The smallest absolute Gasteiger partial charge is 0.404 e. The molecule has 6 nitrogen and oxygen atoms in total. The monoisotopic (exact) mass is 371 g/mol. The maximum Gasteiger partial charge on any atom is 0.573 e. The Hall–Kier alpha value is -2.59. The molecule has 0 aliphatic heterocycles. The molecule has 132 valence electrons. The highest BCUT2D eigenvalue weighted by atomic mass is 32.2. The first-order valence-corrected chi connectivity index (χ1v) is 8.51. The van der Waals surface area contributed by atoms with Crippen LogP contribution in [0.2, 0.25) is 0 Å². The second kappa shape index (κ2) is 6.37. The standard InChI is InChI=1S/C15H12F3N3O3S/c16-15(17,18)24-12-7-3-4-8-13(12)25(22,23)19-9-14-20-10-5-1-2-6-11(10)21-14/h1-8,19H,9H2,(H,20,21). The van der Waals surface area contributed by atoms with Crippen LogP contribution in [0.15, 0.2) is 53.4 Å². The van der Waals surface area contributed by atoms with Crippen molar-refractivity contribution in [2.45, 2.75) is 17.8 Å². The Bertz CT molecular complexity index is 967. The van der Waals surface area contributed by atoms with Crippen LogP contribution in [-0.2, 0) is 16.6 Å². The number of aromatic nitrogens is 2. The van der Waals surface area contributed by atoms with E-state index in [0.29, 0.717) is 11.3 Å². The van der Waals surface area contributed by atoms with Crippen LogP contribution in [0, 0.1) is 0 Å². The van der Waals surface area contributed by atoms with Gasteiger partial charge >= 0.3 is 6.36 Å². The van der Waals surface area contributed by atoms with E-state index in [2.05, 4.69) is 19.4 Å². The van der Waals surface area contributed by atoms with Crippen LogP contribution in [0.4, 0.5) is 13.2 Å². The molecule has 0 atom stereocenters. The van der Waals surface area contributed by atoms with Gasteiger partial charge in [-0.3, -0.25) is 0 Å². The summed E-state index contributed by atoms with van der Waals surface area (Å²) in [7, 11) is -4.23. The number of para-hydroxylation sites is 3. The number of nitrogens with zero attached hydrogens (tertiary/aromatic N) is 1. The van der Waals surface area contributed by atoms with Crippen LogP contribution in [-0.4, -0.2) is 24.7 Å². The minimum absolute atomic E-state index is 0.211. The first-order valence-electron chi connectivity index (χ1n) is 7.03. The van der Waals surface area contributed by atoms with Crippen molar-refractivity contribution >= 4 is 21.1 Å². The molecule has 1 aromatic heterocycles. The van der Waals surface area contributed by atoms with Crippen LogP contribution in [0.5, 0.6) is 5.75 Å². The van der Waals surface area contributed by atoms with Crippen LogP contribution in [0.25, 0.3) is 11.0 Å². The lowest BCUT2D eigenvalue weighted by atomic mass is 10.3. The number of benzene rings is 2. The summed E-state index contributed by atoms with van der Waals surface area (Å²) in [4.78, 5) is 6.51. The molecule has 0 fully saturated rings. The van der Waals surface area contributed by atoms with Crippen molar-refractivity contribution in [3.05, 3.63) is 54.4 Å². The van der Waals surface area contributed by atoms with Gasteiger partial charge in [-0.15, -0.1) is 13.2 Å². The number of aromatic amines is 1. The number of nitrogens with one attached hydrogen (secondary N) is 2. The summed E-state index contributed by atoms with van der Waals surface area (Å²) in [5.74, 6) is -0.467. The quantitative estimate of drug-likeness (QED) is 0.722. The van der Waals surface area contributed by atoms with Crippen molar-refractivity contribution in [3.8, 4) is 5.75 Å². The Morgan fingerprint density at radius 2 is 1.76 bits per heavy atom. The summed E-state index contributed by atoms with van der Waals surface area (Å²) >= 11 is 0. The van der Waals surface area contributed by atoms with E-state index in [1.807, 2.05) is 0 Å². The molecule has 0 unspecified atom stereocenters. The Balaban J connectivity index is 1.82. The van der Waals surface area contributed by atoms with Crippen molar-refractivity contribution in [2.75, 3.05) is 0 Å². The first-order chi connectivity index (χ1) is 11.7. The third kappa shape index (κ3) is 4.09. The number of fused-ring (bicyclic) bond motifs is 1. The molecule has 0 radical (unpaired) electrons. The first kappa shape index (κ1) is 17.2. The molecule has 2 aromatic carbocycles. The van der Waals surface area contributed by atoms with E-state index >= 15 is 0 Å². The topological polar surface area (TPSA) is 84.1 Å². The summed E-state index contributed by atoms with van der Waals surface area (Å²) in [6.07, 6.45) is -5.00. The average molecular weight is 371 g/mol. The highest BCUT2D eigenvalue weighted by Crippen LogP contribution is 2.29. The molecule has 0 aliphatic carbocycles. The molecule has 10 heteroatoms. The normalized spacial score (nSPS) is 12.4. The lowest BCUT2D eigenvalue weighted by Gasteiger charge is -2.13. The summed E-state index contributed by atoms with van der Waals surface area (Å²) in [6.45, 7) is -0.211. The van der Waals surface area contributed by atoms with Gasteiger partial charge in [0.25, 0.3) is 0 Å². The number of alkyl halides is 3. The van der Waals surface area contributed by atoms with Gasteiger partial charge in [0.15, 0.2) is 0 Å². The van der Waals surface area contributed by atoms with Crippen LogP contribution >= 0.6 is 0 Å². The summed E-state index contributed by atoms with van der Waals surface area (Å²) in [5.41, 5.74) is 1.37. The van der Waals surface area contributed by atoms with Gasteiger partial charge in [-0.2, -0.15) is 0 Å². The van der Waals surface area contributed by atoms with Crippen molar-refractivity contribution in [2.24, 2.45) is 0 Å². The second-order valence-electron chi connectivity index (χ2n) is 5.02. The van der Waals surface area contributed by atoms with Gasteiger partial charge in [0.1, 0.15) is 16.5 Å². The fraction of sp³-hybridized carbons (Fsp3) is 0.133. The molecule has 0 spiro atoms. The third-order valence-electron chi connectivity index (χ3n) is 3.23. The molecule has 0 saturated carbocycles. The Morgan fingerprint density at radius 1 is 1.08 bits per heavy atom. The lowest BCUT2D eigenvalue weighted by molar-refractivity contribution is -0.275. The van der Waals surface area contributed by atoms with E-state index in [0.717, 1.165) is 17.6 Å². The Kier molecular flexibility index (Phi) is 4.39. The van der Waals surface area contributed by atoms with Gasteiger partial charge in [0, 0.05) is 0 Å². The zero-order valence-corrected chi connectivity index (χ0v) is 13.4. The van der Waals surface area contributed by atoms with Gasteiger partial charge in [0.2, 0.25) is 10.0 Å². The zero-order valence-electron chi connectivity index (χ0n) is 12.5. The van der Waals surface area contributed by atoms with Crippen molar-refractivity contribution in [3.63, 3.8) is 0 Å². The second-order valence-corrected chi connectivity index (χ2v) is 6.76. The van der Waals surface area contributed by atoms with Crippen molar-refractivity contribution < 1.29 is 26.3 Å². The molecule has 0 aliphatic rings. The highest BCUT2D eigenvalue weighted by molar-refractivity contribution is 7.89. The van der Waals surface area contributed by atoms with E-state index < -0.39 is 27.0 Å². The van der Waals surface area contributed by atoms with Gasteiger partial charge in [-0.25, -0.2) is 18.1 Å². The Labute approximate surface area is 140 Å². The van der Waals surface area contributed by atoms with Crippen LogP contribution in [0.3, 0.4) is 0 Å². The van der Waals surface area contributed by atoms with E-state index in [-0.39, 0.29) is 6.54 Å². The van der Waals surface area contributed by atoms with E-state index in [9.17, 15) is 21.6 Å². The minimum Gasteiger partial charge on any atom is -0.404 e. The fourth-order valence-electron chi connectivity index (χ4n) is 2.21. The maximum absolute atomic E-state index is 12.4. The highest BCUT2D eigenvalue weighted by Gasteiger charge is 2.33. The van der Waals surface area contributed by atoms with Gasteiger partial charge in [-0.1, -0.05) is 24.3 Å². The number of rotatable bonds is 5. The molecule has 2 N–H and O–H groups in total. The molecular formula is C15H12F3N3O3S. The summed E-state index contributed by atoms with van der Waals surface area (Å²) in [5, 5.41) is 0. The number of halogens is 3. The largest absolute Gasteiger partial charge is 0.573 e. The molecular weight excluding hydrogens is 359 g/mol. The minimum atomic E-state index is -5.00. The number of hydrogen-bond acceptors (Lipinski definition) is 4. The maximum atomic E-state index is 12.4.